The number of benzene rings is 1. The number of hydrogen-bond acceptors (Lipinski definition) is 7. The fourth-order valence-electron chi connectivity index (χ4n) is 4.48. The third-order valence-electron chi connectivity index (χ3n) is 6.65. The summed E-state index contributed by atoms with van der Waals surface area (Å²) in [6.07, 6.45) is 5.36. The molecule has 3 aromatic rings. The van der Waals surface area contributed by atoms with Gasteiger partial charge in [0.2, 0.25) is 5.91 Å². The van der Waals surface area contributed by atoms with Crippen LogP contribution in [0.15, 0.2) is 48.8 Å². The molecule has 4 rings (SSSR count). The molecular weight excluding hydrogens is 488 g/mol. The SMILES string of the molecule is COc1cccc(C(C)CC(=O)Nc2sc3c(c2C#N)CCC(COC(=O)N(C)c2ccncc2)C3)c1. The van der Waals surface area contributed by atoms with E-state index in [0.717, 1.165) is 28.2 Å². The quantitative estimate of drug-likeness (QED) is 0.420. The molecule has 1 aromatic carbocycles. The minimum Gasteiger partial charge on any atom is -0.497 e. The van der Waals surface area contributed by atoms with Crippen LogP contribution in [0.5, 0.6) is 5.75 Å². The van der Waals surface area contributed by atoms with Crippen molar-refractivity contribution in [1.29, 1.82) is 5.26 Å². The van der Waals surface area contributed by atoms with Gasteiger partial charge in [0, 0.05) is 36.4 Å². The van der Waals surface area contributed by atoms with Crippen molar-refractivity contribution in [3.8, 4) is 11.8 Å². The third kappa shape index (κ3) is 6.27. The molecule has 0 fully saturated rings. The molecule has 0 saturated carbocycles. The lowest BCUT2D eigenvalue weighted by molar-refractivity contribution is -0.116. The van der Waals surface area contributed by atoms with Crippen molar-refractivity contribution in [2.75, 3.05) is 31.0 Å². The summed E-state index contributed by atoms with van der Waals surface area (Å²) in [5, 5.41) is 13.4. The lowest BCUT2D eigenvalue weighted by Crippen LogP contribution is -2.30. The zero-order valence-corrected chi connectivity index (χ0v) is 22.0. The second-order valence-corrected chi connectivity index (χ2v) is 10.3. The second-order valence-electron chi connectivity index (χ2n) is 9.20. The first-order valence-corrected chi connectivity index (χ1v) is 13.0. The van der Waals surface area contributed by atoms with Gasteiger partial charge in [-0.25, -0.2) is 4.79 Å². The zero-order valence-electron chi connectivity index (χ0n) is 21.2. The molecule has 0 radical (unpaired) electrons. The fraction of sp³-hybridized carbons (Fsp3) is 0.357. The highest BCUT2D eigenvalue weighted by Gasteiger charge is 2.28. The topological polar surface area (TPSA) is 105 Å². The minimum atomic E-state index is -0.418. The first-order valence-electron chi connectivity index (χ1n) is 12.2. The van der Waals surface area contributed by atoms with Crippen molar-refractivity contribution >= 4 is 34.0 Å². The van der Waals surface area contributed by atoms with E-state index in [9.17, 15) is 14.9 Å². The Hall–Kier alpha value is -3.90. The fourth-order valence-corrected chi connectivity index (χ4v) is 5.81. The molecule has 192 valence electrons. The smallest absolute Gasteiger partial charge is 0.414 e. The van der Waals surface area contributed by atoms with Gasteiger partial charge in [-0.15, -0.1) is 11.3 Å². The number of aromatic nitrogens is 1. The van der Waals surface area contributed by atoms with Crippen LogP contribution in [0.4, 0.5) is 15.5 Å². The Balaban J connectivity index is 1.35. The van der Waals surface area contributed by atoms with Gasteiger partial charge in [-0.05, 0) is 66.5 Å². The van der Waals surface area contributed by atoms with Crippen molar-refractivity contribution in [2.45, 2.75) is 38.5 Å². The zero-order chi connectivity index (χ0) is 26.4. The molecule has 0 spiro atoms. The van der Waals surface area contributed by atoms with Crippen molar-refractivity contribution in [3.05, 3.63) is 70.4 Å². The highest BCUT2D eigenvalue weighted by atomic mass is 32.1. The number of fused-ring (bicyclic) bond motifs is 1. The van der Waals surface area contributed by atoms with E-state index in [-0.39, 0.29) is 17.7 Å². The lowest BCUT2D eigenvalue weighted by atomic mass is 9.88. The molecular formula is C28H30N4O4S. The number of carbonyl (C=O) groups is 2. The van der Waals surface area contributed by atoms with E-state index < -0.39 is 6.09 Å². The van der Waals surface area contributed by atoms with Crippen LogP contribution >= 0.6 is 11.3 Å². The number of rotatable bonds is 8. The summed E-state index contributed by atoms with van der Waals surface area (Å²) in [7, 11) is 3.29. The van der Waals surface area contributed by atoms with E-state index >= 15 is 0 Å². The van der Waals surface area contributed by atoms with Crippen molar-refractivity contribution < 1.29 is 19.1 Å². The predicted octanol–water partition coefficient (Wildman–Crippen LogP) is 5.53. The molecule has 2 heterocycles. The molecule has 37 heavy (non-hydrogen) atoms. The van der Waals surface area contributed by atoms with Gasteiger partial charge in [0.25, 0.3) is 0 Å². The number of amides is 2. The normalized spacial score (nSPS) is 15.1. The first kappa shape index (κ1) is 26.2. The molecule has 2 atom stereocenters. The van der Waals surface area contributed by atoms with E-state index in [1.165, 1.54) is 16.2 Å². The molecule has 0 bridgehead atoms. The van der Waals surface area contributed by atoms with Gasteiger partial charge in [-0.2, -0.15) is 5.26 Å². The van der Waals surface area contributed by atoms with Crippen LogP contribution in [0.1, 0.15) is 47.3 Å². The van der Waals surface area contributed by atoms with Gasteiger partial charge in [-0.3, -0.25) is 14.7 Å². The van der Waals surface area contributed by atoms with E-state index in [2.05, 4.69) is 16.4 Å². The number of anilines is 2. The minimum absolute atomic E-state index is 0.000399. The number of nitrogens with one attached hydrogen (secondary N) is 1. The number of pyridine rings is 1. The molecule has 0 saturated heterocycles. The number of nitriles is 1. The Bertz CT molecular complexity index is 1300. The molecule has 0 aliphatic heterocycles. The van der Waals surface area contributed by atoms with Crippen molar-refractivity contribution in [2.24, 2.45) is 5.92 Å². The van der Waals surface area contributed by atoms with Gasteiger partial charge >= 0.3 is 6.09 Å². The number of methoxy groups -OCH3 is 1. The maximum absolute atomic E-state index is 12.8. The standard InChI is InChI=1S/C28H30N4O4S/c1-18(20-5-4-6-22(15-20)35-3)13-26(33)31-27-24(16-29)23-8-7-19(14-25(23)37-27)17-36-28(34)32(2)21-9-11-30-12-10-21/h4-6,9-12,15,18-19H,7-8,13-14,17H2,1-3H3,(H,31,33). The molecule has 9 heteroatoms. The van der Waals surface area contributed by atoms with Crippen LogP contribution in [0.25, 0.3) is 0 Å². The Morgan fingerprint density at radius 1 is 1.30 bits per heavy atom. The summed E-state index contributed by atoms with van der Waals surface area (Å²) < 4.78 is 10.9. The monoisotopic (exact) mass is 518 g/mol. The number of thiophene rings is 1. The number of ether oxygens (including phenoxy) is 2. The van der Waals surface area contributed by atoms with Crippen LogP contribution in [-0.2, 0) is 22.4 Å². The molecule has 2 amide bonds. The first-order chi connectivity index (χ1) is 17.9. The summed E-state index contributed by atoms with van der Waals surface area (Å²) in [6.45, 7) is 2.30. The van der Waals surface area contributed by atoms with Gasteiger partial charge in [0.15, 0.2) is 0 Å². The molecule has 1 aliphatic carbocycles. The van der Waals surface area contributed by atoms with Gasteiger partial charge in [0.05, 0.1) is 19.3 Å². The van der Waals surface area contributed by atoms with Crippen LogP contribution in [0, 0.1) is 17.2 Å². The summed E-state index contributed by atoms with van der Waals surface area (Å²) in [5.41, 5.74) is 3.28. The summed E-state index contributed by atoms with van der Waals surface area (Å²) in [5.74, 6) is 0.783. The summed E-state index contributed by atoms with van der Waals surface area (Å²) in [6, 6.07) is 13.5. The van der Waals surface area contributed by atoms with E-state index in [1.807, 2.05) is 31.2 Å². The van der Waals surface area contributed by atoms with Crippen LogP contribution in [-0.4, -0.2) is 37.7 Å². The van der Waals surface area contributed by atoms with Crippen molar-refractivity contribution in [3.63, 3.8) is 0 Å². The van der Waals surface area contributed by atoms with Crippen molar-refractivity contribution in [1.82, 2.24) is 4.98 Å². The largest absolute Gasteiger partial charge is 0.497 e. The Morgan fingerprint density at radius 2 is 2.08 bits per heavy atom. The van der Waals surface area contributed by atoms with E-state index in [0.29, 0.717) is 42.1 Å². The maximum Gasteiger partial charge on any atom is 0.414 e. The maximum atomic E-state index is 12.8. The third-order valence-corrected chi connectivity index (χ3v) is 7.82. The van der Waals surface area contributed by atoms with Gasteiger partial charge in [-0.1, -0.05) is 19.1 Å². The number of carbonyl (C=O) groups excluding carboxylic acids is 2. The number of hydrogen-bond donors (Lipinski definition) is 1. The van der Waals surface area contributed by atoms with Gasteiger partial charge in [0.1, 0.15) is 16.8 Å². The highest BCUT2D eigenvalue weighted by molar-refractivity contribution is 7.16. The lowest BCUT2D eigenvalue weighted by Gasteiger charge is -2.23. The highest BCUT2D eigenvalue weighted by Crippen LogP contribution is 2.39. The second kappa shape index (κ2) is 11.9. The Labute approximate surface area is 220 Å². The van der Waals surface area contributed by atoms with E-state index in [4.69, 9.17) is 9.47 Å². The Morgan fingerprint density at radius 3 is 2.81 bits per heavy atom. The van der Waals surface area contributed by atoms with Crippen LogP contribution in [0.3, 0.4) is 0 Å². The van der Waals surface area contributed by atoms with Gasteiger partial charge < -0.3 is 14.8 Å². The predicted molar refractivity (Wildman–Crippen MR) is 143 cm³/mol. The molecule has 8 nitrogen and oxygen atoms in total. The van der Waals surface area contributed by atoms with Crippen LogP contribution in [0.2, 0.25) is 0 Å². The molecule has 2 aromatic heterocycles. The number of nitrogens with zero attached hydrogens (tertiary/aromatic N) is 3. The molecule has 1 aliphatic rings. The van der Waals surface area contributed by atoms with Crippen LogP contribution < -0.4 is 15.0 Å². The summed E-state index contributed by atoms with van der Waals surface area (Å²) >= 11 is 1.45. The summed E-state index contributed by atoms with van der Waals surface area (Å²) in [4.78, 5) is 31.8. The molecule has 2 unspecified atom stereocenters. The Kier molecular flexibility index (Phi) is 8.41. The molecule has 1 N–H and O–H groups in total. The average molecular weight is 519 g/mol. The average Bonchev–Trinajstić information content (AvgIpc) is 3.27. The van der Waals surface area contributed by atoms with E-state index in [1.54, 1.807) is 38.7 Å².